The number of carbonyl (C=O) groups excluding carboxylic acids is 3. The molecule has 1 spiro atoms. The Morgan fingerprint density at radius 1 is 1.16 bits per heavy atom. The van der Waals surface area contributed by atoms with Crippen LogP contribution in [0.4, 0.5) is 0 Å². The van der Waals surface area contributed by atoms with Crippen molar-refractivity contribution in [3.05, 3.63) is 35.9 Å². The Morgan fingerprint density at radius 3 is 2.39 bits per heavy atom. The number of carbonyl (C=O) groups is 3. The normalized spacial score (nSPS) is 31.3. The number of aliphatic hydroxyl groups is 1. The van der Waals surface area contributed by atoms with Crippen LogP contribution >= 0.6 is 11.8 Å². The summed E-state index contributed by atoms with van der Waals surface area (Å²) in [5, 5.41) is 16.6. The third-order valence-corrected chi connectivity index (χ3v) is 10.6. The fraction of sp³-hybridized carbons (Fsp3) is 0.700. The Hall–Kier alpha value is -2.06. The summed E-state index contributed by atoms with van der Waals surface area (Å²) in [6, 6.07) is 8.55. The molecule has 3 N–H and O–H groups in total. The predicted octanol–water partition coefficient (Wildman–Crippen LogP) is 3.74. The molecule has 7 nitrogen and oxygen atoms in total. The highest BCUT2D eigenvalue weighted by atomic mass is 32.2. The lowest BCUT2D eigenvalue weighted by molar-refractivity contribution is -0.143. The number of benzene rings is 1. The van der Waals surface area contributed by atoms with Crippen molar-refractivity contribution in [2.24, 2.45) is 23.2 Å². The highest BCUT2D eigenvalue weighted by Gasteiger charge is 2.76. The maximum atomic E-state index is 14.2. The minimum Gasteiger partial charge on any atom is -0.394 e. The van der Waals surface area contributed by atoms with Crippen LogP contribution in [0.5, 0.6) is 0 Å². The molecule has 3 aliphatic heterocycles. The van der Waals surface area contributed by atoms with Gasteiger partial charge >= 0.3 is 0 Å². The summed E-state index contributed by atoms with van der Waals surface area (Å²) in [4.78, 5) is 43.7. The molecule has 0 aliphatic carbocycles. The van der Waals surface area contributed by atoms with Crippen LogP contribution in [0.2, 0.25) is 0 Å². The summed E-state index contributed by atoms with van der Waals surface area (Å²) >= 11 is 1.67. The highest BCUT2D eigenvalue weighted by Crippen LogP contribution is 2.68. The van der Waals surface area contributed by atoms with Gasteiger partial charge in [-0.15, -0.1) is 11.8 Å². The smallest absolute Gasteiger partial charge is 0.244 e. The molecular weight excluding hydrogens is 498 g/mol. The Kier molecular flexibility index (Phi) is 7.99. The van der Waals surface area contributed by atoms with Crippen LogP contribution in [0.25, 0.3) is 0 Å². The Bertz CT molecular complexity index is 1050. The van der Waals surface area contributed by atoms with Gasteiger partial charge in [0.05, 0.1) is 29.2 Å². The number of nitrogens with one attached hydrogen (secondary N) is 2. The predicted molar refractivity (Wildman–Crippen MR) is 151 cm³/mol. The molecule has 0 radical (unpaired) electrons. The van der Waals surface area contributed by atoms with Crippen molar-refractivity contribution in [2.45, 2.75) is 102 Å². The lowest BCUT2D eigenvalue weighted by Crippen LogP contribution is -2.61. The molecule has 38 heavy (non-hydrogen) atoms. The zero-order valence-corrected chi connectivity index (χ0v) is 24.7. The standard InChI is InChI=1S/C30H45N3O4S/c1-8-20(16-34)33-24(26(36)32-29(6,7)17-28(3,4)5)30-18(2)14-21(38-30)22(23(30)27(33)37)25(35)31-15-19-12-10-9-11-13-19/h9-13,18,20-24,34H,8,14-17H2,1-7H3,(H,31,35)(H,32,36)/t18?,20-,21-,22+,23-,24?,30?/m0/s1. The lowest BCUT2D eigenvalue weighted by atomic mass is 9.65. The summed E-state index contributed by atoms with van der Waals surface area (Å²) in [6.07, 6.45) is 2.10. The van der Waals surface area contributed by atoms with Gasteiger partial charge in [-0.2, -0.15) is 0 Å². The van der Waals surface area contributed by atoms with Crippen molar-refractivity contribution in [3.63, 3.8) is 0 Å². The molecule has 3 unspecified atom stereocenters. The third kappa shape index (κ3) is 5.10. The maximum Gasteiger partial charge on any atom is 0.244 e. The van der Waals surface area contributed by atoms with E-state index in [1.807, 2.05) is 51.1 Å². The molecule has 1 aromatic rings. The van der Waals surface area contributed by atoms with Gasteiger partial charge in [0.15, 0.2) is 0 Å². The van der Waals surface area contributed by atoms with Gasteiger partial charge in [0, 0.05) is 17.3 Å². The molecular formula is C30H45N3O4S. The molecule has 3 fully saturated rings. The second-order valence-corrected chi connectivity index (χ2v) is 14.9. The molecule has 3 heterocycles. The summed E-state index contributed by atoms with van der Waals surface area (Å²) in [6.45, 7) is 14.7. The Balaban J connectivity index is 1.68. The van der Waals surface area contributed by atoms with E-state index in [1.165, 1.54) is 0 Å². The number of likely N-dealkylation sites (tertiary alicyclic amines) is 1. The molecule has 8 heteroatoms. The summed E-state index contributed by atoms with van der Waals surface area (Å²) in [5.41, 5.74) is 0.538. The van der Waals surface area contributed by atoms with Crippen molar-refractivity contribution in [3.8, 4) is 0 Å². The van der Waals surface area contributed by atoms with Crippen molar-refractivity contribution < 1.29 is 19.5 Å². The molecule has 1 aromatic carbocycles. The van der Waals surface area contributed by atoms with Gasteiger partial charge in [-0.3, -0.25) is 14.4 Å². The molecule has 3 aliphatic rings. The van der Waals surface area contributed by atoms with E-state index < -0.39 is 34.2 Å². The molecule has 0 aromatic heterocycles. The quantitative estimate of drug-likeness (QED) is 0.441. The average Bonchev–Trinajstić information content (AvgIpc) is 3.41. The number of nitrogens with zero attached hydrogens (tertiary/aromatic N) is 1. The first-order valence-corrected chi connectivity index (χ1v) is 14.9. The first-order chi connectivity index (χ1) is 17.8. The number of hydrogen-bond acceptors (Lipinski definition) is 5. The van der Waals surface area contributed by atoms with Gasteiger partial charge in [0.2, 0.25) is 17.7 Å². The second-order valence-electron chi connectivity index (χ2n) is 13.4. The molecule has 7 atom stereocenters. The topological polar surface area (TPSA) is 98.7 Å². The molecule has 3 amide bonds. The van der Waals surface area contributed by atoms with Crippen molar-refractivity contribution in [2.75, 3.05) is 6.61 Å². The van der Waals surface area contributed by atoms with Gasteiger partial charge in [-0.25, -0.2) is 0 Å². The van der Waals surface area contributed by atoms with Gasteiger partial charge < -0.3 is 20.6 Å². The Morgan fingerprint density at radius 2 is 1.82 bits per heavy atom. The van der Waals surface area contributed by atoms with Crippen LogP contribution < -0.4 is 10.6 Å². The number of fused-ring (bicyclic) bond motifs is 1. The average molecular weight is 544 g/mol. The van der Waals surface area contributed by atoms with Crippen LogP contribution in [0.3, 0.4) is 0 Å². The first kappa shape index (κ1) is 28.9. The van der Waals surface area contributed by atoms with E-state index in [2.05, 4.69) is 38.3 Å². The minimum atomic E-state index is -0.728. The van der Waals surface area contributed by atoms with Crippen LogP contribution in [0, 0.1) is 23.2 Å². The second kappa shape index (κ2) is 10.5. The monoisotopic (exact) mass is 543 g/mol. The van der Waals surface area contributed by atoms with Crippen LogP contribution in [0.15, 0.2) is 30.3 Å². The van der Waals surface area contributed by atoms with Gasteiger partial charge in [0.25, 0.3) is 0 Å². The minimum absolute atomic E-state index is 0.00955. The fourth-order valence-electron chi connectivity index (χ4n) is 7.54. The fourth-order valence-corrected chi connectivity index (χ4v) is 9.95. The van der Waals surface area contributed by atoms with Crippen molar-refractivity contribution in [1.29, 1.82) is 0 Å². The highest BCUT2D eigenvalue weighted by molar-refractivity contribution is 8.02. The van der Waals surface area contributed by atoms with Gasteiger partial charge in [-0.1, -0.05) is 65.0 Å². The summed E-state index contributed by atoms with van der Waals surface area (Å²) < 4.78 is -0.693. The third-order valence-electron chi connectivity index (χ3n) is 8.55. The SMILES string of the molecule is CC[C@@H](CO)N1C(=O)[C@@H]2[C@H](C(=O)NCc3ccccc3)[C@@H]3CC(C)C2(S3)C1C(=O)NC(C)(C)CC(C)(C)C. The van der Waals surface area contributed by atoms with E-state index in [0.29, 0.717) is 13.0 Å². The molecule has 2 bridgehead atoms. The van der Waals surface area contributed by atoms with E-state index in [0.717, 1.165) is 18.4 Å². The zero-order chi connectivity index (χ0) is 28.0. The number of hydrogen-bond donors (Lipinski definition) is 3. The zero-order valence-electron chi connectivity index (χ0n) is 23.9. The number of thioether (sulfide) groups is 1. The van der Waals surface area contributed by atoms with Crippen molar-refractivity contribution >= 4 is 29.5 Å². The van der Waals surface area contributed by atoms with E-state index in [1.54, 1.807) is 16.7 Å². The van der Waals surface area contributed by atoms with Crippen LogP contribution in [0.1, 0.15) is 73.3 Å². The van der Waals surface area contributed by atoms with Crippen molar-refractivity contribution in [1.82, 2.24) is 15.5 Å². The van der Waals surface area contributed by atoms with Crippen LogP contribution in [-0.4, -0.2) is 62.0 Å². The molecule has 210 valence electrons. The number of rotatable bonds is 9. The van der Waals surface area contributed by atoms with E-state index in [4.69, 9.17) is 0 Å². The number of amides is 3. The van der Waals surface area contributed by atoms with Gasteiger partial charge in [0.1, 0.15) is 6.04 Å². The van der Waals surface area contributed by atoms with E-state index >= 15 is 0 Å². The molecule has 0 saturated carbocycles. The molecule has 4 rings (SSSR count). The van der Waals surface area contributed by atoms with Crippen LogP contribution in [-0.2, 0) is 20.9 Å². The first-order valence-electron chi connectivity index (χ1n) is 14.0. The Labute approximate surface area is 231 Å². The summed E-state index contributed by atoms with van der Waals surface area (Å²) in [7, 11) is 0. The van der Waals surface area contributed by atoms with Gasteiger partial charge in [-0.05, 0) is 50.0 Å². The summed E-state index contributed by atoms with van der Waals surface area (Å²) in [5.74, 6) is -1.45. The van der Waals surface area contributed by atoms with E-state index in [-0.39, 0.29) is 40.9 Å². The lowest BCUT2D eigenvalue weighted by Gasteiger charge is -2.42. The maximum absolute atomic E-state index is 14.2. The van der Waals surface area contributed by atoms with E-state index in [9.17, 15) is 19.5 Å². The molecule has 3 saturated heterocycles. The largest absolute Gasteiger partial charge is 0.394 e. The number of aliphatic hydroxyl groups excluding tert-OH is 1.